The molecule has 0 unspecified atom stereocenters. The predicted octanol–water partition coefficient (Wildman–Crippen LogP) is 10.3. The number of rotatable bonds is 7. The number of esters is 1. The van der Waals surface area contributed by atoms with Gasteiger partial charge >= 0.3 is 5.97 Å². The summed E-state index contributed by atoms with van der Waals surface area (Å²) in [6.07, 6.45) is 14.7. The first kappa shape index (κ1) is 28.5. The molecule has 0 radical (unpaired) electrons. The van der Waals surface area contributed by atoms with Crippen molar-refractivity contribution >= 4 is 5.97 Å². The second-order valence-electron chi connectivity index (χ2n) is 16.6. The van der Waals surface area contributed by atoms with Crippen LogP contribution in [-0.4, -0.2) is 12.1 Å². The Bertz CT molecular complexity index is 1150. The van der Waals surface area contributed by atoms with Crippen LogP contribution in [0.15, 0.2) is 42.5 Å². The highest BCUT2D eigenvalue weighted by atomic mass is 16.5. The highest BCUT2D eigenvalue weighted by molar-refractivity contribution is 5.89. The molecule has 0 aliphatic heterocycles. The van der Waals surface area contributed by atoms with Gasteiger partial charge in [0.2, 0.25) is 0 Å². The molecule has 0 N–H and O–H groups in total. The van der Waals surface area contributed by atoms with Crippen LogP contribution in [-0.2, 0) is 4.74 Å². The second-order valence-corrected chi connectivity index (χ2v) is 16.6. The zero-order valence-corrected chi connectivity index (χ0v) is 26.7. The molecular weight excluding hydrogens is 488 g/mol. The first-order valence-electron chi connectivity index (χ1n) is 16.8. The SMILES string of the molecule is C=C(CC[C@@H](C)[C@H]1CC[C@@]2(C)[C@@H]3CC[C@H]4C(C)(C)[C@@H](OC(=O)c5ccccc5)CC[C@@]45C[C@@]35CC[C@]12C)C(C)C. The van der Waals surface area contributed by atoms with Gasteiger partial charge in [-0.2, -0.15) is 0 Å². The third-order valence-electron chi connectivity index (χ3n) is 14.8. The molecule has 0 bridgehead atoms. The van der Waals surface area contributed by atoms with Crippen LogP contribution >= 0.6 is 0 Å². The summed E-state index contributed by atoms with van der Waals surface area (Å²) in [5.74, 6) is 3.65. The molecule has 0 heterocycles. The first-order valence-corrected chi connectivity index (χ1v) is 16.8. The molecule has 0 saturated heterocycles. The van der Waals surface area contributed by atoms with Gasteiger partial charge in [-0.15, -0.1) is 0 Å². The topological polar surface area (TPSA) is 26.3 Å². The summed E-state index contributed by atoms with van der Waals surface area (Å²) in [4.78, 5) is 13.1. The van der Waals surface area contributed by atoms with Gasteiger partial charge in [-0.05, 0) is 134 Å². The van der Waals surface area contributed by atoms with Crippen LogP contribution in [0.4, 0.5) is 0 Å². The van der Waals surface area contributed by atoms with E-state index in [4.69, 9.17) is 4.74 Å². The van der Waals surface area contributed by atoms with E-state index in [-0.39, 0.29) is 17.5 Å². The summed E-state index contributed by atoms with van der Waals surface area (Å²) in [6.45, 7) is 21.9. The van der Waals surface area contributed by atoms with Gasteiger partial charge in [-0.3, -0.25) is 0 Å². The van der Waals surface area contributed by atoms with Gasteiger partial charge in [0.05, 0.1) is 5.56 Å². The molecule has 2 spiro atoms. The summed E-state index contributed by atoms with van der Waals surface area (Å²) < 4.78 is 6.29. The van der Waals surface area contributed by atoms with Crippen LogP contribution in [0.2, 0.25) is 0 Å². The van der Waals surface area contributed by atoms with Gasteiger partial charge in [0.25, 0.3) is 0 Å². The van der Waals surface area contributed by atoms with Crippen LogP contribution in [0.1, 0.15) is 129 Å². The fourth-order valence-corrected chi connectivity index (χ4v) is 12.2. The molecule has 9 atom stereocenters. The number of ether oxygens (including phenoxy) is 1. The van der Waals surface area contributed by atoms with Crippen molar-refractivity contribution in [2.75, 3.05) is 0 Å². The average Bonchev–Trinajstić information content (AvgIpc) is 3.51. The van der Waals surface area contributed by atoms with E-state index in [0.29, 0.717) is 39.1 Å². The van der Waals surface area contributed by atoms with Crippen LogP contribution < -0.4 is 0 Å². The smallest absolute Gasteiger partial charge is 0.338 e. The van der Waals surface area contributed by atoms with Crippen LogP contribution in [0.3, 0.4) is 0 Å². The molecule has 5 aliphatic carbocycles. The summed E-state index contributed by atoms with van der Waals surface area (Å²) in [5, 5.41) is 0. The Balaban J connectivity index is 1.20. The predicted molar refractivity (Wildman–Crippen MR) is 165 cm³/mol. The maximum Gasteiger partial charge on any atom is 0.338 e. The van der Waals surface area contributed by atoms with E-state index in [0.717, 1.165) is 24.2 Å². The van der Waals surface area contributed by atoms with Crippen LogP contribution in [0.25, 0.3) is 0 Å². The molecular formula is C38H56O2. The summed E-state index contributed by atoms with van der Waals surface area (Å²) in [5.41, 5.74) is 4.11. The van der Waals surface area contributed by atoms with Crippen molar-refractivity contribution in [1.82, 2.24) is 0 Å². The molecule has 5 fully saturated rings. The van der Waals surface area contributed by atoms with E-state index in [9.17, 15) is 4.79 Å². The number of carbonyl (C=O) groups is 1. The largest absolute Gasteiger partial charge is 0.458 e. The number of hydrogen-bond donors (Lipinski definition) is 0. The van der Waals surface area contributed by atoms with Crippen molar-refractivity contribution in [3.63, 3.8) is 0 Å². The molecule has 2 heteroatoms. The van der Waals surface area contributed by atoms with Crippen molar-refractivity contribution in [2.45, 2.75) is 125 Å². The van der Waals surface area contributed by atoms with E-state index in [2.05, 4.69) is 55.0 Å². The molecule has 220 valence electrons. The molecule has 6 rings (SSSR count). The Labute approximate surface area is 245 Å². The number of allylic oxidation sites excluding steroid dienone is 1. The minimum Gasteiger partial charge on any atom is -0.458 e. The monoisotopic (exact) mass is 544 g/mol. The molecule has 0 aromatic heterocycles. The molecule has 40 heavy (non-hydrogen) atoms. The first-order chi connectivity index (χ1) is 18.8. The van der Waals surface area contributed by atoms with Crippen molar-refractivity contribution in [3.05, 3.63) is 48.0 Å². The average molecular weight is 545 g/mol. The lowest BCUT2D eigenvalue weighted by Crippen LogP contribution is -2.58. The number of carbonyl (C=O) groups excluding carboxylic acids is 1. The summed E-state index contributed by atoms with van der Waals surface area (Å²) in [6, 6.07) is 9.60. The highest BCUT2D eigenvalue weighted by Crippen LogP contribution is 2.89. The Morgan fingerprint density at radius 3 is 2.25 bits per heavy atom. The molecule has 0 amide bonds. The lowest BCUT2D eigenvalue weighted by atomic mass is 9.41. The fraction of sp³-hybridized carbons (Fsp3) is 0.763. The van der Waals surface area contributed by atoms with Gasteiger partial charge in [0.1, 0.15) is 6.10 Å². The lowest BCUT2D eigenvalue weighted by Gasteiger charge is -2.63. The summed E-state index contributed by atoms with van der Waals surface area (Å²) in [7, 11) is 0. The maximum atomic E-state index is 13.1. The number of hydrogen-bond acceptors (Lipinski definition) is 2. The minimum atomic E-state index is -0.141. The summed E-state index contributed by atoms with van der Waals surface area (Å²) >= 11 is 0. The number of fused-ring (bicyclic) bond motifs is 2. The third-order valence-corrected chi connectivity index (χ3v) is 14.8. The molecule has 1 aromatic rings. The standard InChI is InChI=1S/C38H56O2/c1-25(2)26(3)14-15-27(4)29-18-20-36(8)31-17-16-30-34(5,6)32(40-33(39)28-12-10-9-11-13-28)19-21-37(30)24-38(31,37)23-22-35(29,36)7/h9-13,25,27,29-32H,3,14-24H2,1-2,4-8H3/t27-,29-,30+,31+,32+,35-,36+,37-,38+/m1/s1. The zero-order valence-electron chi connectivity index (χ0n) is 26.7. The van der Waals surface area contributed by atoms with Gasteiger partial charge in [-0.1, -0.05) is 78.8 Å². The van der Waals surface area contributed by atoms with Crippen molar-refractivity contribution in [3.8, 4) is 0 Å². The fourth-order valence-electron chi connectivity index (χ4n) is 12.2. The second kappa shape index (κ2) is 9.47. The van der Waals surface area contributed by atoms with Crippen molar-refractivity contribution in [2.24, 2.45) is 56.7 Å². The molecule has 2 nitrogen and oxygen atoms in total. The Morgan fingerprint density at radius 1 is 0.875 bits per heavy atom. The molecule has 5 saturated carbocycles. The maximum absolute atomic E-state index is 13.1. The normalized spacial score (nSPS) is 43.6. The van der Waals surface area contributed by atoms with E-state index in [1.807, 2.05) is 30.3 Å². The van der Waals surface area contributed by atoms with Gasteiger partial charge < -0.3 is 4.74 Å². The van der Waals surface area contributed by atoms with Crippen molar-refractivity contribution in [1.29, 1.82) is 0 Å². The van der Waals surface area contributed by atoms with E-state index in [1.54, 1.807) is 0 Å². The van der Waals surface area contributed by atoms with Crippen LogP contribution in [0, 0.1) is 56.7 Å². The van der Waals surface area contributed by atoms with E-state index < -0.39 is 0 Å². The van der Waals surface area contributed by atoms with Gasteiger partial charge in [0.15, 0.2) is 0 Å². The zero-order chi connectivity index (χ0) is 28.7. The van der Waals surface area contributed by atoms with Crippen molar-refractivity contribution < 1.29 is 9.53 Å². The molecule has 5 aliphatic rings. The van der Waals surface area contributed by atoms with Crippen LogP contribution in [0.5, 0.6) is 0 Å². The Kier molecular flexibility index (Phi) is 6.76. The quantitative estimate of drug-likeness (QED) is 0.252. The minimum absolute atomic E-state index is 0.0202. The number of benzene rings is 1. The van der Waals surface area contributed by atoms with E-state index >= 15 is 0 Å². The molecule has 1 aromatic carbocycles. The van der Waals surface area contributed by atoms with Gasteiger partial charge in [0, 0.05) is 5.41 Å². The van der Waals surface area contributed by atoms with Gasteiger partial charge in [-0.25, -0.2) is 4.79 Å². The third kappa shape index (κ3) is 3.82. The Morgan fingerprint density at radius 2 is 1.55 bits per heavy atom. The Hall–Kier alpha value is -1.57. The van der Waals surface area contributed by atoms with E-state index in [1.165, 1.54) is 69.8 Å². The lowest BCUT2D eigenvalue weighted by molar-refractivity contribution is -0.162. The highest BCUT2D eigenvalue weighted by Gasteiger charge is 2.82.